The Morgan fingerprint density at radius 3 is 2.35 bits per heavy atom. The number of rotatable bonds is 2. The molecule has 130 valence electrons. The van der Waals surface area contributed by atoms with Gasteiger partial charge < -0.3 is 4.90 Å². The predicted molar refractivity (Wildman–Crippen MR) is 101 cm³/mol. The van der Waals surface area contributed by atoms with Gasteiger partial charge in [-0.05, 0) is 41.3 Å². The quantitative estimate of drug-likeness (QED) is 0.606. The average Bonchev–Trinajstić information content (AvgIpc) is 2.67. The molecule has 0 radical (unpaired) electrons. The van der Waals surface area contributed by atoms with E-state index in [2.05, 4.69) is 6.07 Å². The van der Waals surface area contributed by atoms with Crippen molar-refractivity contribution in [3.05, 3.63) is 106 Å². The van der Waals surface area contributed by atoms with Gasteiger partial charge in [0.2, 0.25) is 0 Å². The highest BCUT2D eigenvalue weighted by Gasteiger charge is 2.34. The number of amides is 1. The van der Waals surface area contributed by atoms with Crippen LogP contribution in [0.5, 0.6) is 0 Å². The molecule has 1 heterocycles. The molecule has 1 aliphatic rings. The third-order valence-corrected chi connectivity index (χ3v) is 5.19. The zero-order valence-electron chi connectivity index (χ0n) is 14.0. The third kappa shape index (κ3) is 2.89. The Kier molecular flexibility index (Phi) is 4.48. The van der Waals surface area contributed by atoms with Crippen LogP contribution in [0, 0.1) is 5.82 Å². The van der Waals surface area contributed by atoms with Crippen molar-refractivity contribution in [1.82, 2.24) is 4.90 Å². The van der Waals surface area contributed by atoms with E-state index in [1.807, 2.05) is 42.5 Å². The number of fused-ring (bicyclic) bond motifs is 1. The molecule has 0 aliphatic carbocycles. The fourth-order valence-corrected chi connectivity index (χ4v) is 3.85. The fraction of sp³-hybridized carbons (Fsp3) is 0.136. The van der Waals surface area contributed by atoms with Gasteiger partial charge in [-0.25, -0.2) is 4.39 Å². The summed E-state index contributed by atoms with van der Waals surface area (Å²) in [4.78, 5) is 14.9. The minimum atomic E-state index is -0.505. The largest absolute Gasteiger partial charge is 0.327 e. The smallest absolute Gasteiger partial charge is 0.257 e. The molecule has 4 rings (SSSR count). The van der Waals surface area contributed by atoms with Crippen molar-refractivity contribution in [2.45, 2.75) is 12.5 Å². The number of carbonyl (C=O) groups excluding carboxylic acids is 1. The van der Waals surface area contributed by atoms with Crippen LogP contribution < -0.4 is 0 Å². The first-order chi connectivity index (χ1) is 12.7. The van der Waals surface area contributed by atoms with Gasteiger partial charge in [0.25, 0.3) is 5.91 Å². The van der Waals surface area contributed by atoms with Crippen molar-refractivity contribution in [3.63, 3.8) is 0 Å². The number of hydrogen-bond acceptors (Lipinski definition) is 1. The summed E-state index contributed by atoms with van der Waals surface area (Å²) in [5.41, 5.74) is 3.17. The van der Waals surface area contributed by atoms with Gasteiger partial charge in [0.1, 0.15) is 5.82 Å². The van der Waals surface area contributed by atoms with Gasteiger partial charge in [-0.15, -0.1) is 0 Å². The molecule has 2 nitrogen and oxygen atoms in total. The maximum atomic E-state index is 14.2. The predicted octanol–water partition coefficient (Wildman–Crippen LogP) is 5.27. The molecule has 0 N–H and O–H groups in total. The van der Waals surface area contributed by atoms with E-state index in [0.29, 0.717) is 11.6 Å². The molecule has 0 bridgehead atoms. The summed E-state index contributed by atoms with van der Waals surface area (Å²) in [6.07, 6.45) is 0.733. The van der Waals surface area contributed by atoms with Crippen LogP contribution in [0.15, 0.2) is 72.8 Å². The second kappa shape index (κ2) is 6.93. The second-order valence-electron chi connectivity index (χ2n) is 6.35. The fourth-order valence-electron chi connectivity index (χ4n) is 3.61. The van der Waals surface area contributed by atoms with Crippen molar-refractivity contribution in [1.29, 1.82) is 0 Å². The zero-order chi connectivity index (χ0) is 18.1. The summed E-state index contributed by atoms with van der Waals surface area (Å²) in [7, 11) is 0. The van der Waals surface area contributed by atoms with Crippen LogP contribution >= 0.6 is 11.6 Å². The lowest BCUT2D eigenvalue weighted by Gasteiger charge is -2.38. The van der Waals surface area contributed by atoms with E-state index < -0.39 is 5.82 Å². The van der Waals surface area contributed by atoms with Gasteiger partial charge in [0.15, 0.2) is 0 Å². The minimum Gasteiger partial charge on any atom is -0.327 e. The zero-order valence-corrected chi connectivity index (χ0v) is 14.8. The molecule has 1 atom stereocenters. The summed E-state index contributed by atoms with van der Waals surface area (Å²) in [5, 5.41) is 0.598. The Balaban J connectivity index is 1.85. The van der Waals surface area contributed by atoms with Gasteiger partial charge in [0, 0.05) is 11.6 Å². The molecule has 0 aromatic heterocycles. The van der Waals surface area contributed by atoms with E-state index in [1.54, 1.807) is 17.0 Å². The lowest BCUT2D eigenvalue weighted by molar-refractivity contribution is 0.0690. The highest BCUT2D eigenvalue weighted by molar-refractivity contribution is 6.31. The van der Waals surface area contributed by atoms with Gasteiger partial charge >= 0.3 is 0 Å². The van der Waals surface area contributed by atoms with Crippen molar-refractivity contribution >= 4 is 17.5 Å². The van der Waals surface area contributed by atoms with E-state index in [0.717, 1.165) is 17.5 Å². The van der Waals surface area contributed by atoms with E-state index in [1.165, 1.54) is 17.7 Å². The summed E-state index contributed by atoms with van der Waals surface area (Å²) < 4.78 is 14.2. The molecule has 3 aromatic rings. The lowest BCUT2D eigenvalue weighted by Crippen LogP contribution is -2.41. The average molecular weight is 366 g/mol. The molecular formula is C22H17ClFNO. The number of nitrogens with zero attached hydrogens (tertiary/aromatic N) is 1. The molecule has 3 aromatic carbocycles. The normalized spacial score (nSPS) is 16.2. The number of carbonyl (C=O) groups is 1. The molecule has 0 saturated carbocycles. The van der Waals surface area contributed by atoms with Crippen molar-refractivity contribution in [2.24, 2.45) is 0 Å². The molecule has 0 spiro atoms. The monoisotopic (exact) mass is 365 g/mol. The minimum absolute atomic E-state index is 0.0870. The Labute approximate surface area is 156 Å². The number of halogens is 2. The first-order valence-electron chi connectivity index (χ1n) is 8.54. The van der Waals surface area contributed by atoms with Crippen LogP contribution in [0.25, 0.3) is 0 Å². The van der Waals surface area contributed by atoms with E-state index in [-0.39, 0.29) is 17.5 Å². The molecule has 4 heteroatoms. The van der Waals surface area contributed by atoms with Crippen molar-refractivity contribution in [3.8, 4) is 0 Å². The van der Waals surface area contributed by atoms with Gasteiger partial charge in [-0.3, -0.25) is 4.79 Å². The van der Waals surface area contributed by atoms with Gasteiger partial charge in [0.05, 0.1) is 11.6 Å². The maximum Gasteiger partial charge on any atom is 0.257 e. The molecule has 26 heavy (non-hydrogen) atoms. The van der Waals surface area contributed by atoms with Crippen LogP contribution in [0.2, 0.25) is 5.02 Å². The Hall–Kier alpha value is -2.65. The molecule has 1 amide bonds. The summed E-state index contributed by atoms with van der Waals surface area (Å²) in [6.45, 7) is 0.514. The molecule has 1 aliphatic heterocycles. The molecule has 0 fully saturated rings. The van der Waals surface area contributed by atoms with Crippen LogP contribution in [0.3, 0.4) is 0 Å². The lowest BCUT2D eigenvalue weighted by atomic mass is 9.87. The van der Waals surface area contributed by atoms with E-state index in [9.17, 15) is 9.18 Å². The van der Waals surface area contributed by atoms with Crippen LogP contribution in [-0.4, -0.2) is 17.4 Å². The summed E-state index contributed by atoms with van der Waals surface area (Å²) >= 11 is 6.46. The standard InChI is InChI=1S/C22H17ClFNO/c23-19-11-5-3-9-17(19)21-16-8-2-1-7-15(16)13-14-25(21)22(26)18-10-4-6-12-20(18)24/h1-12,21H,13-14H2/t21-/m1/s1. The van der Waals surface area contributed by atoms with Crippen LogP contribution in [0.4, 0.5) is 4.39 Å². The van der Waals surface area contributed by atoms with E-state index >= 15 is 0 Å². The Morgan fingerprint density at radius 1 is 0.923 bits per heavy atom. The number of hydrogen-bond donors (Lipinski definition) is 0. The van der Waals surface area contributed by atoms with Crippen molar-refractivity contribution < 1.29 is 9.18 Å². The first kappa shape index (κ1) is 16.8. The molecular weight excluding hydrogens is 349 g/mol. The highest BCUT2D eigenvalue weighted by atomic mass is 35.5. The first-order valence-corrected chi connectivity index (χ1v) is 8.92. The third-order valence-electron chi connectivity index (χ3n) is 4.85. The number of benzene rings is 3. The molecule has 0 saturated heterocycles. The second-order valence-corrected chi connectivity index (χ2v) is 6.76. The van der Waals surface area contributed by atoms with Crippen LogP contribution in [0.1, 0.15) is 33.1 Å². The Morgan fingerprint density at radius 2 is 1.58 bits per heavy atom. The van der Waals surface area contributed by atoms with Crippen LogP contribution in [-0.2, 0) is 6.42 Å². The van der Waals surface area contributed by atoms with E-state index in [4.69, 9.17) is 11.6 Å². The maximum absolute atomic E-state index is 14.2. The SMILES string of the molecule is O=C(c1ccccc1F)N1CCc2ccccc2[C@@H]1c1ccccc1Cl. The van der Waals surface area contributed by atoms with Crippen molar-refractivity contribution in [2.75, 3.05) is 6.54 Å². The Bertz CT molecular complexity index is 972. The van der Waals surface area contributed by atoms with Gasteiger partial charge in [-0.1, -0.05) is 66.2 Å². The molecule has 0 unspecified atom stereocenters. The van der Waals surface area contributed by atoms with Gasteiger partial charge in [-0.2, -0.15) is 0 Å². The summed E-state index contributed by atoms with van der Waals surface area (Å²) in [5.74, 6) is -0.822. The topological polar surface area (TPSA) is 20.3 Å². The highest BCUT2D eigenvalue weighted by Crippen LogP contribution is 2.38. The summed E-state index contributed by atoms with van der Waals surface area (Å²) in [6, 6.07) is 21.3.